The summed E-state index contributed by atoms with van der Waals surface area (Å²) < 4.78 is 18.6. The second kappa shape index (κ2) is 6.35. The highest BCUT2D eigenvalue weighted by atomic mass is 19.1. The van der Waals surface area contributed by atoms with Crippen LogP contribution in [0.25, 0.3) is 0 Å². The number of likely N-dealkylation sites (tertiary alicyclic amines) is 1. The smallest absolute Gasteiger partial charge is 0.165 e. The quantitative estimate of drug-likeness (QED) is 0.904. The number of piperidine rings is 1. The zero-order chi connectivity index (χ0) is 13.8. The van der Waals surface area contributed by atoms with Gasteiger partial charge in [-0.05, 0) is 43.6 Å². The minimum absolute atomic E-state index is 0.279. The van der Waals surface area contributed by atoms with Crippen LogP contribution in [-0.2, 0) is 6.54 Å². The molecule has 0 aromatic heterocycles. The van der Waals surface area contributed by atoms with Crippen molar-refractivity contribution in [3.63, 3.8) is 0 Å². The molecule has 0 aliphatic carbocycles. The van der Waals surface area contributed by atoms with E-state index < -0.39 is 0 Å². The molecule has 1 N–H and O–H groups in total. The number of rotatable bonds is 4. The van der Waals surface area contributed by atoms with Crippen LogP contribution in [0.3, 0.4) is 0 Å². The third-order valence-corrected chi connectivity index (χ3v) is 3.98. The molecule has 106 valence electrons. The molecule has 2 rings (SSSR count). The molecule has 3 nitrogen and oxygen atoms in total. The van der Waals surface area contributed by atoms with E-state index in [1.54, 1.807) is 12.1 Å². The topological polar surface area (TPSA) is 24.5 Å². The molecule has 2 atom stereocenters. The second-order valence-electron chi connectivity index (χ2n) is 5.37. The fraction of sp³-hybridized carbons (Fsp3) is 0.600. The van der Waals surface area contributed by atoms with Crippen LogP contribution >= 0.6 is 0 Å². The highest BCUT2D eigenvalue weighted by molar-refractivity contribution is 5.29. The lowest BCUT2D eigenvalue weighted by atomic mass is 9.94. The van der Waals surface area contributed by atoms with Crippen molar-refractivity contribution in [2.24, 2.45) is 5.92 Å². The van der Waals surface area contributed by atoms with Crippen LogP contribution in [0.15, 0.2) is 18.2 Å². The van der Waals surface area contributed by atoms with Gasteiger partial charge in [-0.3, -0.25) is 4.90 Å². The predicted molar refractivity (Wildman–Crippen MR) is 74.9 cm³/mol. The Morgan fingerprint density at radius 3 is 2.84 bits per heavy atom. The van der Waals surface area contributed by atoms with Crippen LogP contribution < -0.4 is 10.1 Å². The predicted octanol–water partition coefficient (Wildman–Crippen LogP) is 2.26. The first-order valence-corrected chi connectivity index (χ1v) is 6.86. The van der Waals surface area contributed by atoms with Crippen LogP contribution in [0.4, 0.5) is 4.39 Å². The Hall–Kier alpha value is -1.13. The highest BCUT2D eigenvalue weighted by Crippen LogP contribution is 2.21. The first kappa shape index (κ1) is 14.3. The van der Waals surface area contributed by atoms with E-state index in [1.165, 1.54) is 7.11 Å². The van der Waals surface area contributed by atoms with Gasteiger partial charge in [-0.1, -0.05) is 13.0 Å². The Morgan fingerprint density at radius 1 is 1.47 bits per heavy atom. The molecule has 19 heavy (non-hydrogen) atoms. The maximum absolute atomic E-state index is 13.6. The summed E-state index contributed by atoms with van der Waals surface area (Å²) in [5.74, 6) is 0.658. The average molecular weight is 266 g/mol. The molecule has 0 bridgehead atoms. The van der Waals surface area contributed by atoms with E-state index in [2.05, 4.69) is 17.1 Å². The Kier molecular flexibility index (Phi) is 4.77. The summed E-state index contributed by atoms with van der Waals surface area (Å²) in [6, 6.07) is 5.82. The largest absolute Gasteiger partial charge is 0.494 e. The van der Waals surface area contributed by atoms with E-state index >= 15 is 0 Å². The molecule has 1 aliphatic heterocycles. The van der Waals surface area contributed by atoms with Gasteiger partial charge in [0.1, 0.15) is 0 Å². The summed E-state index contributed by atoms with van der Waals surface area (Å²) in [7, 11) is 3.51. The monoisotopic (exact) mass is 266 g/mol. The molecule has 1 fully saturated rings. The van der Waals surface area contributed by atoms with E-state index in [1.807, 2.05) is 13.1 Å². The minimum atomic E-state index is -0.279. The summed E-state index contributed by atoms with van der Waals surface area (Å²) in [6.45, 7) is 5.19. The number of methoxy groups -OCH3 is 1. The van der Waals surface area contributed by atoms with Gasteiger partial charge in [-0.15, -0.1) is 0 Å². The normalized spacial score (nSPS) is 24.4. The van der Waals surface area contributed by atoms with Crippen LogP contribution in [0.2, 0.25) is 0 Å². The van der Waals surface area contributed by atoms with E-state index in [0.29, 0.717) is 17.7 Å². The lowest BCUT2D eigenvalue weighted by Gasteiger charge is -2.36. The maximum atomic E-state index is 13.6. The number of nitrogens with one attached hydrogen (secondary N) is 1. The molecular formula is C15H23FN2O. The first-order valence-electron chi connectivity index (χ1n) is 6.86. The van der Waals surface area contributed by atoms with Crippen molar-refractivity contribution in [2.75, 3.05) is 27.2 Å². The van der Waals surface area contributed by atoms with Crippen molar-refractivity contribution in [3.8, 4) is 5.75 Å². The molecule has 1 aliphatic rings. The summed E-state index contributed by atoms with van der Waals surface area (Å²) in [5, 5.41) is 3.36. The Bertz CT molecular complexity index is 425. The van der Waals surface area contributed by atoms with Gasteiger partial charge in [-0.2, -0.15) is 0 Å². The van der Waals surface area contributed by atoms with E-state index in [4.69, 9.17) is 4.74 Å². The first-order chi connectivity index (χ1) is 9.13. The number of hydrogen-bond acceptors (Lipinski definition) is 3. The van der Waals surface area contributed by atoms with Gasteiger partial charge in [0.15, 0.2) is 11.6 Å². The molecule has 1 saturated heterocycles. The standard InChI is InChI=1S/C15H23FN2O/c1-11-9-18(7-6-14(11)17-2)10-12-4-5-15(19-3)13(16)8-12/h4-5,8,11,14,17H,6-7,9-10H2,1-3H3. The highest BCUT2D eigenvalue weighted by Gasteiger charge is 2.24. The molecular weight excluding hydrogens is 243 g/mol. The summed E-state index contributed by atoms with van der Waals surface area (Å²) in [4.78, 5) is 2.39. The van der Waals surface area contributed by atoms with Gasteiger partial charge in [-0.25, -0.2) is 4.39 Å². The maximum Gasteiger partial charge on any atom is 0.165 e. The SMILES string of the molecule is CNC1CCN(Cc2ccc(OC)c(F)c2)CC1C. The van der Waals surface area contributed by atoms with Crippen LogP contribution in [0.5, 0.6) is 5.75 Å². The van der Waals surface area contributed by atoms with Crippen molar-refractivity contribution >= 4 is 0 Å². The van der Waals surface area contributed by atoms with Crippen LogP contribution in [-0.4, -0.2) is 38.2 Å². The lowest BCUT2D eigenvalue weighted by Crippen LogP contribution is -2.46. The van der Waals surface area contributed by atoms with Gasteiger partial charge in [0, 0.05) is 19.1 Å². The van der Waals surface area contributed by atoms with Gasteiger partial charge in [0.05, 0.1) is 7.11 Å². The number of hydrogen-bond donors (Lipinski definition) is 1. The van der Waals surface area contributed by atoms with Crippen LogP contribution in [0.1, 0.15) is 18.9 Å². The number of ether oxygens (including phenoxy) is 1. The summed E-state index contributed by atoms with van der Waals surface area (Å²) >= 11 is 0. The molecule has 1 heterocycles. The molecule has 0 spiro atoms. The van der Waals surface area contributed by atoms with Gasteiger partial charge >= 0.3 is 0 Å². The minimum Gasteiger partial charge on any atom is -0.494 e. The number of nitrogens with zero attached hydrogens (tertiary/aromatic N) is 1. The van der Waals surface area contributed by atoms with E-state index in [-0.39, 0.29) is 5.82 Å². The fourth-order valence-electron chi connectivity index (χ4n) is 2.87. The second-order valence-corrected chi connectivity index (χ2v) is 5.37. The Labute approximate surface area is 114 Å². The van der Waals surface area contributed by atoms with Crippen molar-refractivity contribution in [2.45, 2.75) is 25.9 Å². The Morgan fingerprint density at radius 2 is 2.26 bits per heavy atom. The third kappa shape index (κ3) is 3.45. The lowest BCUT2D eigenvalue weighted by molar-refractivity contribution is 0.145. The van der Waals surface area contributed by atoms with E-state index in [0.717, 1.165) is 31.6 Å². The zero-order valence-corrected chi connectivity index (χ0v) is 11.9. The number of benzene rings is 1. The number of halogens is 1. The summed E-state index contributed by atoms with van der Waals surface area (Å²) in [5.41, 5.74) is 1.01. The third-order valence-electron chi connectivity index (χ3n) is 3.98. The average Bonchev–Trinajstić information content (AvgIpc) is 2.39. The molecule has 0 radical (unpaired) electrons. The molecule has 4 heteroatoms. The molecule has 0 amide bonds. The van der Waals surface area contributed by atoms with Crippen molar-refractivity contribution < 1.29 is 9.13 Å². The molecule has 1 aromatic rings. The molecule has 0 saturated carbocycles. The summed E-state index contributed by atoms with van der Waals surface area (Å²) in [6.07, 6.45) is 1.15. The zero-order valence-electron chi connectivity index (χ0n) is 11.9. The molecule has 2 unspecified atom stereocenters. The van der Waals surface area contributed by atoms with Gasteiger partial charge in [0.2, 0.25) is 0 Å². The van der Waals surface area contributed by atoms with Crippen molar-refractivity contribution in [1.29, 1.82) is 0 Å². The van der Waals surface area contributed by atoms with Crippen molar-refractivity contribution in [3.05, 3.63) is 29.6 Å². The fourth-order valence-corrected chi connectivity index (χ4v) is 2.87. The van der Waals surface area contributed by atoms with Crippen LogP contribution in [0, 0.1) is 11.7 Å². The molecule has 1 aromatic carbocycles. The van der Waals surface area contributed by atoms with Gasteiger partial charge < -0.3 is 10.1 Å². The van der Waals surface area contributed by atoms with Crippen molar-refractivity contribution in [1.82, 2.24) is 10.2 Å². The van der Waals surface area contributed by atoms with Gasteiger partial charge in [0.25, 0.3) is 0 Å². The Balaban J connectivity index is 1.96. The van der Waals surface area contributed by atoms with E-state index in [9.17, 15) is 4.39 Å².